The molecule has 4 heteroatoms. The number of rotatable bonds is 9. The Bertz CT molecular complexity index is 1860. The first kappa shape index (κ1) is 42.4. The third-order valence-corrected chi connectivity index (χ3v) is 16.5. The van der Waals surface area contributed by atoms with E-state index in [1.54, 1.807) is 0 Å². The summed E-state index contributed by atoms with van der Waals surface area (Å²) in [7, 11) is -1.34. The summed E-state index contributed by atoms with van der Waals surface area (Å²) in [5.74, 6) is 0. The SMILES string of the molecule is [Fe].c1ccc(P(c2ccccc2)c2ccccc2)cc1.c1ccc(P(c2ccccc2)c2ccccc2)cc1.c1ccc(P(c2ccccc2)c2ccccc2)cc1. The van der Waals surface area contributed by atoms with Gasteiger partial charge in [-0.1, -0.05) is 273 Å². The van der Waals surface area contributed by atoms with Crippen LogP contribution in [0.25, 0.3) is 0 Å². The molecule has 0 heterocycles. The molecule has 284 valence electrons. The minimum Gasteiger partial charge on any atom is -0.0622 e. The van der Waals surface area contributed by atoms with Crippen LogP contribution in [0, 0.1) is 0 Å². The van der Waals surface area contributed by atoms with Crippen LogP contribution in [0.2, 0.25) is 0 Å². The summed E-state index contributed by atoms with van der Waals surface area (Å²) in [4.78, 5) is 0. The van der Waals surface area contributed by atoms with Crippen molar-refractivity contribution >= 4 is 71.5 Å². The largest absolute Gasteiger partial charge is 0.0622 e. The van der Waals surface area contributed by atoms with Gasteiger partial charge in [0.15, 0.2) is 0 Å². The Morgan fingerprint density at radius 1 is 0.138 bits per heavy atom. The Kier molecular flexibility index (Phi) is 17.0. The summed E-state index contributed by atoms with van der Waals surface area (Å²) < 4.78 is 0. The van der Waals surface area contributed by atoms with Crippen LogP contribution in [0.5, 0.6) is 0 Å². The predicted molar refractivity (Wildman–Crippen MR) is 255 cm³/mol. The van der Waals surface area contributed by atoms with Crippen LogP contribution < -0.4 is 47.7 Å². The Hall–Kier alpha value is -5.21. The van der Waals surface area contributed by atoms with Crippen molar-refractivity contribution in [2.24, 2.45) is 0 Å². The monoisotopic (exact) mass is 842 g/mol. The van der Waals surface area contributed by atoms with Gasteiger partial charge in [-0.2, -0.15) is 0 Å². The van der Waals surface area contributed by atoms with Crippen LogP contribution in [-0.2, 0) is 17.1 Å². The Morgan fingerprint density at radius 3 is 0.310 bits per heavy atom. The molecule has 0 N–H and O–H groups in total. The van der Waals surface area contributed by atoms with Crippen molar-refractivity contribution in [3.63, 3.8) is 0 Å². The molecule has 0 spiro atoms. The fourth-order valence-electron chi connectivity index (χ4n) is 6.54. The van der Waals surface area contributed by atoms with Crippen LogP contribution in [0.1, 0.15) is 0 Å². The van der Waals surface area contributed by atoms with Crippen molar-refractivity contribution in [2.45, 2.75) is 0 Å². The second kappa shape index (κ2) is 23.3. The van der Waals surface area contributed by atoms with Crippen molar-refractivity contribution in [2.75, 3.05) is 0 Å². The van der Waals surface area contributed by atoms with Gasteiger partial charge in [-0.15, -0.1) is 0 Å². The second-order valence-electron chi connectivity index (χ2n) is 13.0. The molecule has 0 aliphatic heterocycles. The molecule has 0 aliphatic rings. The van der Waals surface area contributed by atoms with Crippen molar-refractivity contribution in [1.29, 1.82) is 0 Å². The van der Waals surface area contributed by atoms with E-state index in [0.717, 1.165) is 0 Å². The second-order valence-corrected chi connectivity index (χ2v) is 19.7. The third kappa shape index (κ3) is 11.9. The van der Waals surface area contributed by atoms with Gasteiger partial charge in [0.1, 0.15) is 0 Å². The van der Waals surface area contributed by atoms with Gasteiger partial charge in [0.2, 0.25) is 0 Å². The van der Waals surface area contributed by atoms with Gasteiger partial charge in [-0.3, -0.25) is 0 Å². The molecular formula is C54H45FeP3. The summed E-state index contributed by atoms with van der Waals surface area (Å²) >= 11 is 0. The molecule has 0 unspecified atom stereocenters. The molecule has 0 aliphatic carbocycles. The normalized spacial score (nSPS) is 10.4. The molecule has 0 atom stereocenters. The van der Waals surface area contributed by atoms with Crippen molar-refractivity contribution in [1.82, 2.24) is 0 Å². The van der Waals surface area contributed by atoms with Crippen LogP contribution in [-0.4, -0.2) is 0 Å². The summed E-state index contributed by atoms with van der Waals surface area (Å²) in [6, 6.07) is 97.0. The van der Waals surface area contributed by atoms with Crippen molar-refractivity contribution in [3.8, 4) is 0 Å². The quantitative estimate of drug-likeness (QED) is 0.100. The maximum absolute atomic E-state index is 2.23. The average Bonchev–Trinajstić information content (AvgIpc) is 3.30. The van der Waals surface area contributed by atoms with E-state index in [-0.39, 0.29) is 17.1 Å². The molecular weight excluding hydrogens is 797 g/mol. The maximum Gasteiger partial charge on any atom is 0 e. The molecule has 9 aromatic carbocycles. The van der Waals surface area contributed by atoms with Crippen molar-refractivity contribution < 1.29 is 17.1 Å². The van der Waals surface area contributed by atoms with E-state index in [0.29, 0.717) is 0 Å². The van der Waals surface area contributed by atoms with Gasteiger partial charge >= 0.3 is 0 Å². The van der Waals surface area contributed by atoms with E-state index in [1.807, 2.05) is 0 Å². The van der Waals surface area contributed by atoms with Crippen LogP contribution >= 0.6 is 23.8 Å². The van der Waals surface area contributed by atoms with Gasteiger partial charge in [0.05, 0.1) is 0 Å². The topological polar surface area (TPSA) is 0 Å². The zero-order valence-electron chi connectivity index (χ0n) is 32.2. The molecule has 0 saturated heterocycles. The molecule has 0 aromatic heterocycles. The molecule has 0 radical (unpaired) electrons. The van der Waals surface area contributed by atoms with Gasteiger partial charge in [0, 0.05) is 17.1 Å². The fraction of sp³-hybridized carbons (Fsp3) is 0. The zero-order valence-corrected chi connectivity index (χ0v) is 36.0. The van der Waals surface area contributed by atoms with Gasteiger partial charge < -0.3 is 0 Å². The standard InChI is InChI=1S/3C18H15P.Fe/c3*1-4-10-16(11-5-1)19(17-12-6-2-7-13-17)18-14-8-3-9-15-18;/h3*1-15H;. The molecule has 0 saturated carbocycles. The minimum atomic E-state index is -0.446. The van der Waals surface area contributed by atoms with E-state index in [4.69, 9.17) is 0 Å². The van der Waals surface area contributed by atoms with E-state index >= 15 is 0 Å². The first-order valence-electron chi connectivity index (χ1n) is 19.2. The van der Waals surface area contributed by atoms with Crippen LogP contribution in [0.3, 0.4) is 0 Å². The minimum absolute atomic E-state index is 0. The van der Waals surface area contributed by atoms with Crippen molar-refractivity contribution in [3.05, 3.63) is 273 Å². The molecule has 9 aromatic rings. The smallest absolute Gasteiger partial charge is 0 e. The number of benzene rings is 9. The molecule has 0 bridgehead atoms. The first-order valence-corrected chi connectivity index (χ1v) is 23.2. The summed E-state index contributed by atoms with van der Waals surface area (Å²) in [5.41, 5.74) is 0. The molecule has 58 heavy (non-hydrogen) atoms. The third-order valence-electron chi connectivity index (χ3n) is 9.13. The Balaban J connectivity index is 0.000000145. The summed E-state index contributed by atoms with van der Waals surface area (Å²) in [6.45, 7) is 0. The summed E-state index contributed by atoms with van der Waals surface area (Å²) in [5, 5.41) is 12.6. The molecule has 9 rings (SSSR count). The predicted octanol–water partition coefficient (Wildman–Crippen LogP) is 10.3. The number of hydrogen-bond acceptors (Lipinski definition) is 0. The van der Waals surface area contributed by atoms with E-state index in [1.165, 1.54) is 47.7 Å². The van der Waals surface area contributed by atoms with Gasteiger partial charge in [-0.05, 0) is 71.5 Å². The number of hydrogen-bond donors (Lipinski definition) is 0. The maximum atomic E-state index is 2.23. The Labute approximate surface area is 359 Å². The van der Waals surface area contributed by atoms with Crippen LogP contribution in [0.15, 0.2) is 273 Å². The van der Waals surface area contributed by atoms with E-state index in [2.05, 4.69) is 273 Å². The van der Waals surface area contributed by atoms with Gasteiger partial charge in [0.25, 0.3) is 0 Å². The fourth-order valence-corrected chi connectivity index (χ4v) is 13.5. The molecule has 0 fully saturated rings. The molecule has 0 amide bonds. The van der Waals surface area contributed by atoms with Crippen LogP contribution in [0.4, 0.5) is 0 Å². The Morgan fingerprint density at radius 2 is 0.224 bits per heavy atom. The molecule has 0 nitrogen and oxygen atoms in total. The average molecular weight is 843 g/mol. The zero-order chi connectivity index (χ0) is 38.7. The first-order chi connectivity index (χ1) is 28.3. The summed E-state index contributed by atoms with van der Waals surface area (Å²) in [6.07, 6.45) is 0. The van der Waals surface area contributed by atoms with E-state index in [9.17, 15) is 0 Å². The van der Waals surface area contributed by atoms with E-state index < -0.39 is 23.8 Å². The van der Waals surface area contributed by atoms with Gasteiger partial charge in [-0.25, -0.2) is 0 Å².